The average molecular weight is 294 g/mol. The molecule has 0 radical (unpaired) electrons. The van der Waals surface area contributed by atoms with E-state index in [0.717, 1.165) is 29.1 Å². The van der Waals surface area contributed by atoms with Crippen LogP contribution in [0, 0.1) is 0 Å². The van der Waals surface area contributed by atoms with Gasteiger partial charge in [0.2, 0.25) is 0 Å². The molecule has 0 amide bonds. The lowest BCUT2D eigenvalue weighted by Gasteiger charge is -2.35. The molecule has 2 atom stereocenters. The zero-order valence-corrected chi connectivity index (χ0v) is 12.3. The maximum atomic E-state index is 9.40. The molecule has 1 aromatic carbocycles. The predicted molar refractivity (Wildman–Crippen MR) is 81.7 cm³/mol. The van der Waals surface area contributed by atoms with Gasteiger partial charge in [-0.15, -0.1) is 11.3 Å². The minimum absolute atomic E-state index is 0.0872. The van der Waals surface area contributed by atoms with Gasteiger partial charge in [0.25, 0.3) is 0 Å². The van der Waals surface area contributed by atoms with Crippen LogP contribution in [0.5, 0.6) is 0 Å². The Kier molecular flexibility index (Phi) is 3.80. The minimum Gasteiger partial charge on any atom is -0.394 e. The molecule has 0 saturated heterocycles. The predicted octanol–water partition coefficient (Wildman–Crippen LogP) is 3.02. The molecule has 3 N–H and O–H groups in total. The number of aromatic nitrogens is 1. The molecule has 2 unspecified atom stereocenters. The summed E-state index contributed by atoms with van der Waals surface area (Å²) in [5, 5.41) is 9.88. The van der Waals surface area contributed by atoms with E-state index >= 15 is 0 Å². The number of hydrogen-bond acceptors (Lipinski definition) is 5. The Hall–Kier alpha value is -0.620. The van der Waals surface area contributed by atoms with Crippen molar-refractivity contribution in [3.63, 3.8) is 0 Å². The fraction of sp³-hybridized carbons (Fsp3) is 0.500. The van der Waals surface area contributed by atoms with Crippen LogP contribution >= 0.6 is 23.1 Å². The Labute approximate surface area is 121 Å². The molecule has 0 aliphatic heterocycles. The van der Waals surface area contributed by atoms with E-state index in [9.17, 15) is 5.11 Å². The number of benzene rings is 1. The van der Waals surface area contributed by atoms with Gasteiger partial charge >= 0.3 is 0 Å². The van der Waals surface area contributed by atoms with E-state index in [2.05, 4.69) is 17.1 Å². The smallest absolute Gasteiger partial charge is 0.151 e. The summed E-state index contributed by atoms with van der Waals surface area (Å²) in [5.74, 6) is 0. The topological polar surface area (TPSA) is 59.1 Å². The summed E-state index contributed by atoms with van der Waals surface area (Å²) in [5.41, 5.74) is 6.89. The van der Waals surface area contributed by atoms with Gasteiger partial charge in [-0.1, -0.05) is 30.3 Å². The Balaban J connectivity index is 1.74. The summed E-state index contributed by atoms with van der Waals surface area (Å²) in [6.07, 6.45) is 4.07. The lowest BCUT2D eigenvalue weighted by atomic mass is 9.83. The van der Waals surface area contributed by atoms with Crippen LogP contribution in [-0.4, -0.2) is 27.5 Å². The monoisotopic (exact) mass is 294 g/mol. The second kappa shape index (κ2) is 5.40. The number of aliphatic hydroxyl groups is 1. The molecule has 1 aliphatic rings. The van der Waals surface area contributed by atoms with E-state index in [1.54, 1.807) is 11.3 Å². The Morgan fingerprint density at radius 3 is 3.11 bits per heavy atom. The van der Waals surface area contributed by atoms with Crippen LogP contribution in [0.3, 0.4) is 0 Å². The van der Waals surface area contributed by atoms with E-state index in [1.165, 1.54) is 11.1 Å². The number of rotatable bonds is 3. The maximum absolute atomic E-state index is 9.40. The molecule has 1 aliphatic carbocycles. The van der Waals surface area contributed by atoms with Gasteiger partial charge in [-0.25, -0.2) is 4.98 Å². The SMILES string of the molecule is NC1(CO)CCCC(Sc2nc3ccccc3s2)C1. The third-order valence-corrected chi connectivity index (χ3v) is 6.09. The molecule has 1 saturated carbocycles. The number of hydrogen-bond donors (Lipinski definition) is 2. The number of aliphatic hydroxyl groups excluding tert-OH is 1. The Morgan fingerprint density at radius 2 is 2.32 bits per heavy atom. The molecule has 19 heavy (non-hydrogen) atoms. The quantitative estimate of drug-likeness (QED) is 0.913. The van der Waals surface area contributed by atoms with Crippen LogP contribution in [0.15, 0.2) is 28.6 Å². The molecule has 5 heteroatoms. The first kappa shape index (κ1) is 13.4. The highest BCUT2D eigenvalue weighted by Gasteiger charge is 2.33. The van der Waals surface area contributed by atoms with Crippen molar-refractivity contribution in [3.8, 4) is 0 Å². The second-order valence-electron chi connectivity index (χ2n) is 5.30. The van der Waals surface area contributed by atoms with Gasteiger partial charge < -0.3 is 10.8 Å². The van der Waals surface area contributed by atoms with Crippen LogP contribution in [0.4, 0.5) is 0 Å². The highest BCUT2D eigenvalue weighted by atomic mass is 32.2. The summed E-state index contributed by atoms with van der Waals surface area (Å²) in [7, 11) is 0. The van der Waals surface area contributed by atoms with Gasteiger partial charge in [0.05, 0.1) is 16.8 Å². The first-order valence-electron chi connectivity index (χ1n) is 6.60. The Morgan fingerprint density at radius 1 is 1.47 bits per heavy atom. The summed E-state index contributed by atoms with van der Waals surface area (Å²) < 4.78 is 2.36. The lowest BCUT2D eigenvalue weighted by Crippen LogP contribution is -2.48. The van der Waals surface area contributed by atoms with Crippen molar-refractivity contribution in [2.75, 3.05) is 6.61 Å². The van der Waals surface area contributed by atoms with E-state index < -0.39 is 0 Å². The van der Waals surface area contributed by atoms with E-state index in [1.807, 2.05) is 23.9 Å². The molecular formula is C14H18N2OS2. The summed E-state index contributed by atoms with van der Waals surface area (Å²) in [4.78, 5) is 4.66. The van der Waals surface area contributed by atoms with Crippen molar-refractivity contribution < 1.29 is 5.11 Å². The third kappa shape index (κ3) is 2.94. The number of nitrogens with zero attached hydrogens (tertiary/aromatic N) is 1. The van der Waals surface area contributed by atoms with Gasteiger partial charge in [0.1, 0.15) is 0 Å². The molecule has 0 bridgehead atoms. The fourth-order valence-electron chi connectivity index (χ4n) is 2.63. The first-order chi connectivity index (χ1) is 9.18. The van der Waals surface area contributed by atoms with Crippen molar-refractivity contribution >= 4 is 33.3 Å². The maximum Gasteiger partial charge on any atom is 0.151 e. The molecule has 1 fully saturated rings. The highest BCUT2D eigenvalue weighted by Crippen LogP contribution is 2.39. The molecule has 1 heterocycles. The lowest BCUT2D eigenvalue weighted by molar-refractivity contribution is 0.159. The molecule has 0 spiro atoms. The molecule has 3 nitrogen and oxygen atoms in total. The molecule has 3 rings (SSSR count). The van der Waals surface area contributed by atoms with E-state index in [0.29, 0.717) is 5.25 Å². The van der Waals surface area contributed by atoms with Gasteiger partial charge in [-0.05, 0) is 31.4 Å². The Bertz CT molecular complexity index is 538. The average Bonchev–Trinajstić information content (AvgIpc) is 2.81. The summed E-state index contributed by atoms with van der Waals surface area (Å²) in [6.45, 7) is 0.0872. The summed E-state index contributed by atoms with van der Waals surface area (Å²) >= 11 is 3.57. The van der Waals surface area contributed by atoms with Crippen molar-refractivity contribution in [1.29, 1.82) is 0 Å². The minimum atomic E-state index is -0.382. The van der Waals surface area contributed by atoms with Crippen molar-refractivity contribution in [3.05, 3.63) is 24.3 Å². The van der Waals surface area contributed by atoms with Crippen LogP contribution in [0.2, 0.25) is 0 Å². The standard InChI is InChI=1S/C14H18N2OS2/c15-14(9-17)7-3-4-10(8-14)18-13-16-11-5-1-2-6-12(11)19-13/h1-2,5-6,10,17H,3-4,7-9,15H2. The van der Waals surface area contributed by atoms with Crippen LogP contribution < -0.4 is 5.73 Å². The van der Waals surface area contributed by atoms with Crippen LogP contribution in [0.1, 0.15) is 25.7 Å². The van der Waals surface area contributed by atoms with Crippen molar-refractivity contribution in [1.82, 2.24) is 4.98 Å². The normalized spacial score (nSPS) is 27.8. The number of nitrogens with two attached hydrogens (primary N) is 1. The van der Waals surface area contributed by atoms with E-state index in [-0.39, 0.29) is 12.1 Å². The fourth-order valence-corrected chi connectivity index (χ4v) is 5.33. The number of thiazole rings is 1. The van der Waals surface area contributed by atoms with Gasteiger partial charge in [0, 0.05) is 10.8 Å². The van der Waals surface area contributed by atoms with Gasteiger partial charge in [-0.3, -0.25) is 0 Å². The zero-order valence-electron chi connectivity index (χ0n) is 10.7. The number of fused-ring (bicyclic) bond motifs is 1. The van der Waals surface area contributed by atoms with Crippen molar-refractivity contribution in [2.24, 2.45) is 5.73 Å². The molecule has 102 valence electrons. The number of para-hydroxylation sites is 1. The second-order valence-corrected chi connectivity index (χ2v) is 7.88. The van der Waals surface area contributed by atoms with Gasteiger partial charge in [0.15, 0.2) is 4.34 Å². The highest BCUT2D eigenvalue weighted by molar-refractivity contribution is 8.01. The van der Waals surface area contributed by atoms with Crippen LogP contribution in [0.25, 0.3) is 10.2 Å². The van der Waals surface area contributed by atoms with Crippen LogP contribution in [-0.2, 0) is 0 Å². The molecule has 1 aromatic heterocycles. The van der Waals surface area contributed by atoms with E-state index in [4.69, 9.17) is 5.73 Å². The zero-order chi connectivity index (χ0) is 13.3. The molecule has 2 aromatic rings. The summed E-state index contributed by atoms with van der Waals surface area (Å²) in [6, 6.07) is 8.23. The van der Waals surface area contributed by atoms with Gasteiger partial charge in [-0.2, -0.15) is 0 Å². The molecular weight excluding hydrogens is 276 g/mol. The van der Waals surface area contributed by atoms with Crippen molar-refractivity contribution in [2.45, 2.75) is 40.8 Å². The largest absolute Gasteiger partial charge is 0.394 e. The third-order valence-electron chi connectivity index (χ3n) is 3.69. The first-order valence-corrected chi connectivity index (χ1v) is 8.30. The number of thioether (sulfide) groups is 1.